The highest BCUT2D eigenvalue weighted by Gasteiger charge is 2.25. The smallest absolute Gasteiger partial charge is 0.238 e. The van der Waals surface area contributed by atoms with Crippen molar-refractivity contribution >= 4 is 49.0 Å². The number of hydrogen-bond acceptors (Lipinski definition) is 0. The average Bonchev–Trinajstić information content (AvgIpc) is 2.97. The highest BCUT2D eigenvalue weighted by molar-refractivity contribution is 6.25. The first kappa shape index (κ1) is 15.8. The van der Waals surface area contributed by atoms with Gasteiger partial charge in [0.15, 0.2) is 6.20 Å². The van der Waals surface area contributed by atoms with E-state index in [1.807, 2.05) is 6.07 Å². The Morgan fingerprint density at radius 1 is 0.857 bits per heavy atom. The van der Waals surface area contributed by atoms with Crippen LogP contribution < -0.4 is 4.57 Å². The summed E-state index contributed by atoms with van der Waals surface area (Å²) in [5.74, 6) is -0.202. The van der Waals surface area contributed by atoms with Gasteiger partial charge in [0.25, 0.3) is 0 Å². The molecule has 0 unspecified atom stereocenters. The molecule has 0 amide bonds. The number of fused-ring (bicyclic) bond motifs is 5. The van der Waals surface area contributed by atoms with Crippen molar-refractivity contribution in [3.8, 4) is 0 Å². The van der Waals surface area contributed by atoms with Gasteiger partial charge in [-0.2, -0.15) is 4.57 Å². The molecule has 3 heteroatoms. The molecule has 28 heavy (non-hydrogen) atoms. The van der Waals surface area contributed by atoms with E-state index < -0.39 is 0 Å². The third-order valence-corrected chi connectivity index (χ3v) is 6.37. The standard InChI is InChI=1S/C25H20FN2/c1-13-9-16-11-14(2)15(3)22-23(16)21(10-13)28-20-12-17(26)5-6-18(20)19-7-8-27(4)25(22)24(19)28/h5-12H,1-4H3/q+1. The Morgan fingerprint density at radius 2 is 1.68 bits per heavy atom. The number of aryl methyl sites for hydroxylation is 4. The summed E-state index contributed by atoms with van der Waals surface area (Å²) < 4.78 is 18.7. The van der Waals surface area contributed by atoms with E-state index >= 15 is 0 Å². The molecule has 0 aliphatic carbocycles. The van der Waals surface area contributed by atoms with E-state index in [0.29, 0.717) is 0 Å². The molecular weight excluding hydrogens is 347 g/mol. The van der Waals surface area contributed by atoms with E-state index in [1.54, 1.807) is 12.1 Å². The summed E-state index contributed by atoms with van der Waals surface area (Å²) >= 11 is 0. The summed E-state index contributed by atoms with van der Waals surface area (Å²) in [7, 11) is 2.10. The van der Waals surface area contributed by atoms with Gasteiger partial charge in [-0.05, 0) is 67.1 Å². The molecule has 0 aliphatic rings. The minimum Gasteiger partial charge on any atom is -0.303 e. The molecule has 3 aromatic carbocycles. The van der Waals surface area contributed by atoms with Gasteiger partial charge in [-0.25, -0.2) is 4.39 Å². The summed E-state index contributed by atoms with van der Waals surface area (Å²) in [5.41, 5.74) is 8.27. The van der Waals surface area contributed by atoms with Crippen LogP contribution in [0.2, 0.25) is 0 Å². The number of nitrogens with zero attached hydrogens (tertiary/aromatic N) is 2. The molecule has 0 saturated carbocycles. The zero-order valence-electron chi connectivity index (χ0n) is 16.4. The van der Waals surface area contributed by atoms with Crippen LogP contribution in [0.1, 0.15) is 16.7 Å². The largest absolute Gasteiger partial charge is 0.303 e. The molecule has 0 radical (unpaired) electrons. The van der Waals surface area contributed by atoms with Crippen molar-refractivity contribution in [2.75, 3.05) is 0 Å². The van der Waals surface area contributed by atoms with Gasteiger partial charge in [-0.1, -0.05) is 12.1 Å². The van der Waals surface area contributed by atoms with Gasteiger partial charge < -0.3 is 4.40 Å². The fourth-order valence-corrected chi connectivity index (χ4v) is 5.04. The monoisotopic (exact) mass is 367 g/mol. The van der Waals surface area contributed by atoms with Crippen LogP contribution >= 0.6 is 0 Å². The Bertz CT molecular complexity index is 1600. The predicted octanol–water partition coefficient (Wildman–Crippen LogP) is 5.88. The number of benzene rings is 3. The molecule has 136 valence electrons. The Labute approximate surface area is 161 Å². The topological polar surface area (TPSA) is 8.29 Å². The van der Waals surface area contributed by atoms with Crippen LogP contribution in [0.3, 0.4) is 0 Å². The van der Waals surface area contributed by atoms with E-state index in [-0.39, 0.29) is 5.82 Å². The van der Waals surface area contributed by atoms with Gasteiger partial charge in [0.2, 0.25) is 5.52 Å². The summed E-state index contributed by atoms with van der Waals surface area (Å²) in [5, 5.41) is 6.06. The molecule has 0 atom stereocenters. The van der Waals surface area contributed by atoms with Crippen LogP contribution in [-0.2, 0) is 7.05 Å². The lowest BCUT2D eigenvalue weighted by Crippen LogP contribution is -2.29. The molecule has 0 bridgehead atoms. The molecule has 0 saturated heterocycles. The minimum atomic E-state index is -0.202. The van der Waals surface area contributed by atoms with Crippen molar-refractivity contribution in [1.29, 1.82) is 0 Å². The second-order valence-corrected chi connectivity index (χ2v) is 8.11. The van der Waals surface area contributed by atoms with E-state index in [4.69, 9.17) is 0 Å². The van der Waals surface area contributed by atoms with Crippen molar-refractivity contribution in [3.05, 3.63) is 71.2 Å². The normalized spacial score (nSPS) is 12.5. The van der Waals surface area contributed by atoms with Crippen LogP contribution in [0.4, 0.5) is 4.39 Å². The van der Waals surface area contributed by atoms with Crippen LogP contribution in [0.5, 0.6) is 0 Å². The van der Waals surface area contributed by atoms with Gasteiger partial charge in [0.05, 0.1) is 16.4 Å². The highest BCUT2D eigenvalue weighted by Crippen LogP contribution is 2.41. The average molecular weight is 367 g/mol. The Morgan fingerprint density at radius 3 is 2.50 bits per heavy atom. The molecule has 3 aromatic heterocycles. The third kappa shape index (κ3) is 1.74. The number of aromatic nitrogens is 2. The first-order valence-corrected chi connectivity index (χ1v) is 9.63. The first-order chi connectivity index (χ1) is 13.5. The molecule has 0 spiro atoms. The molecule has 3 heterocycles. The summed E-state index contributed by atoms with van der Waals surface area (Å²) in [4.78, 5) is 0. The lowest BCUT2D eigenvalue weighted by molar-refractivity contribution is -0.644. The lowest BCUT2D eigenvalue weighted by Gasteiger charge is -2.15. The maximum Gasteiger partial charge on any atom is 0.238 e. The molecule has 0 aliphatic heterocycles. The maximum atomic E-state index is 14.2. The van der Waals surface area contributed by atoms with E-state index in [1.165, 1.54) is 49.3 Å². The van der Waals surface area contributed by atoms with Crippen LogP contribution in [-0.4, -0.2) is 4.40 Å². The second-order valence-electron chi connectivity index (χ2n) is 8.11. The van der Waals surface area contributed by atoms with Crippen LogP contribution in [0.25, 0.3) is 49.0 Å². The number of rotatable bonds is 0. The molecule has 6 aromatic rings. The van der Waals surface area contributed by atoms with Gasteiger partial charge in [0, 0.05) is 22.2 Å². The van der Waals surface area contributed by atoms with E-state index in [0.717, 1.165) is 16.4 Å². The van der Waals surface area contributed by atoms with Crippen molar-refractivity contribution in [2.24, 2.45) is 7.05 Å². The Balaban J connectivity index is 2.15. The summed E-state index contributed by atoms with van der Waals surface area (Å²) in [6.45, 7) is 6.53. The molecule has 0 fully saturated rings. The van der Waals surface area contributed by atoms with Crippen molar-refractivity contribution in [3.63, 3.8) is 0 Å². The first-order valence-electron chi connectivity index (χ1n) is 9.63. The number of hydrogen-bond donors (Lipinski definition) is 0. The quantitative estimate of drug-likeness (QED) is 0.180. The van der Waals surface area contributed by atoms with Crippen molar-refractivity contribution in [2.45, 2.75) is 20.8 Å². The zero-order valence-corrected chi connectivity index (χ0v) is 16.4. The van der Waals surface area contributed by atoms with Gasteiger partial charge in [-0.15, -0.1) is 0 Å². The highest BCUT2D eigenvalue weighted by atomic mass is 19.1. The maximum absolute atomic E-state index is 14.2. The molecule has 6 rings (SSSR count). The summed E-state index contributed by atoms with van der Waals surface area (Å²) in [6.07, 6.45) is 2.12. The zero-order chi connectivity index (χ0) is 19.3. The predicted molar refractivity (Wildman–Crippen MR) is 114 cm³/mol. The van der Waals surface area contributed by atoms with Crippen molar-refractivity contribution in [1.82, 2.24) is 4.40 Å². The third-order valence-electron chi connectivity index (χ3n) is 6.37. The van der Waals surface area contributed by atoms with E-state index in [2.05, 4.69) is 67.2 Å². The summed E-state index contributed by atoms with van der Waals surface area (Å²) in [6, 6.07) is 14.1. The Kier molecular flexibility index (Phi) is 2.82. The Hall–Kier alpha value is -3.20. The van der Waals surface area contributed by atoms with Gasteiger partial charge >= 0.3 is 0 Å². The fourth-order valence-electron chi connectivity index (χ4n) is 5.04. The fraction of sp³-hybridized carbons (Fsp3) is 0.160. The van der Waals surface area contributed by atoms with E-state index in [9.17, 15) is 4.39 Å². The van der Waals surface area contributed by atoms with Gasteiger partial charge in [-0.3, -0.25) is 0 Å². The van der Waals surface area contributed by atoms with Crippen LogP contribution in [0, 0.1) is 26.6 Å². The molecular formula is C25H20FN2+. The SMILES string of the molecule is Cc1cc2cc(C)c(C)c3c2c(c1)n1c2cc(F)ccc2c2cc[n+](C)c3c21. The number of halogens is 1. The molecule has 2 nitrogen and oxygen atoms in total. The van der Waals surface area contributed by atoms with Gasteiger partial charge in [0.1, 0.15) is 18.4 Å². The lowest BCUT2D eigenvalue weighted by atomic mass is 9.93. The number of pyridine rings is 2. The van der Waals surface area contributed by atoms with Crippen molar-refractivity contribution < 1.29 is 8.96 Å². The minimum absolute atomic E-state index is 0.202. The molecule has 0 N–H and O–H groups in total. The second kappa shape index (κ2) is 4.99. The van der Waals surface area contributed by atoms with Crippen LogP contribution in [0.15, 0.2) is 48.7 Å².